The first-order valence-electron chi connectivity index (χ1n) is 6.24. The van der Waals surface area contributed by atoms with E-state index < -0.39 is 10.5 Å². The fourth-order valence-corrected chi connectivity index (χ4v) is 2.20. The van der Waals surface area contributed by atoms with E-state index in [1.165, 1.54) is 0 Å². The molecule has 0 bridgehead atoms. The van der Waals surface area contributed by atoms with Crippen LogP contribution in [0.3, 0.4) is 0 Å². The molecule has 2 aromatic carbocycles. The highest BCUT2D eigenvalue weighted by Gasteiger charge is 2.08. The molecule has 3 nitrogen and oxygen atoms in total. The molecule has 2 aromatic rings. The van der Waals surface area contributed by atoms with Crippen molar-refractivity contribution in [3.63, 3.8) is 0 Å². The van der Waals surface area contributed by atoms with E-state index in [1.807, 2.05) is 6.07 Å². The van der Waals surface area contributed by atoms with Gasteiger partial charge in [-0.2, -0.15) is 0 Å². The molecule has 0 spiro atoms. The summed E-state index contributed by atoms with van der Waals surface area (Å²) in [5.74, 6) is 0.637. The van der Waals surface area contributed by atoms with Gasteiger partial charge in [-0.15, -0.1) is 0 Å². The lowest BCUT2D eigenvalue weighted by Crippen LogP contribution is -2.02. The van der Waals surface area contributed by atoms with Gasteiger partial charge in [0, 0.05) is 17.5 Å². The molecule has 0 atom stereocenters. The second kappa shape index (κ2) is 7.25. The summed E-state index contributed by atoms with van der Waals surface area (Å²) in [6.07, 6.45) is 0.186. The van der Waals surface area contributed by atoms with Crippen molar-refractivity contribution in [2.24, 2.45) is 0 Å². The van der Waals surface area contributed by atoms with E-state index in [1.54, 1.807) is 42.5 Å². The Labute approximate surface area is 132 Å². The third-order valence-electron chi connectivity index (χ3n) is 2.89. The van der Waals surface area contributed by atoms with Gasteiger partial charge in [-0.3, -0.25) is 9.59 Å². The van der Waals surface area contributed by atoms with Crippen molar-refractivity contribution in [2.75, 3.05) is 0 Å². The summed E-state index contributed by atoms with van der Waals surface area (Å²) in [5, 5.41) is -0.914. The zero-order valence-corrected chi connectivity index (χ0v) is 12.5. The largest absolute Gasteiger partial charge is 0.489 e. The molecule has 0 fully saturated rings. The maximum atomic E-state index is 11.3. The number of ether oxygens (including phenoxy) is 1. The molecule has 0 aliphatic carbocycles. The smallest absolute Gasteiger partial charge is 0.252 e. The lowest BCUT2D eigenvalue weighted by Gasteiger charge is -2.09. The normalized spacial score (nSPS) is 10.2. The van der Waals surface area contributed by atoms with Crippen LogP contribution in [0.1, 0.15) is 21.5 Å². The SMILES string of the molecule is O=C(Cl)Cc1ccc(OCc2ccccc2C(=O)Cl)cc1. The standard InChI is InChI=1S/C16H12Cl2O3/c17-15(19)9-11-5-7-13(8-6-11)21-10-12-3-1-2-4-14(12)16(18)20/h1-8H,9-10H2. The summed E-state index contributed by atoms with van der Waals surface area (Å²) in [7, 11) is 0. The Balaban J connectivity index is 2.03. The molecule has 5 heteroatoms. The Morgan fingerprint density at radius 1 is 0.952 bits per heavy atom. The number of benzene rings is 2. The van der Waals surface area contributed by atoms with Gasteiger partial charge in [0.15, 0.2) is 0 Å². The quantitative estimate of drug-likeness (QED) is 0.756. The van der Waals surface area contributed by atoms with Gasteiger partial charge in [-0.25, -0.2) is 0 Å². The predicted molar refractivity (Wildman–Crippen MR) is 82.0 cm³/mol. The molecular weight excluding hydrogens is 311 g/mol. The Bertz CT molecular complexity index is 651. The Morgan fingerprint density at radius 3 is 2.24 bits per heavy atom. The maximum absolute atomic E-state index is 11.3. The monoisotopic (exact) mass is 322 g/mol. The van der Waals surface area contributed by atoms with Crippen LogP contribution in [0.5, 0.6) is 5.75 Å². The summed E-state index contributed by atoms with van der Waals surface area (Å²) in [5.41, 5.74) is 1.97. The highest BCUT2D eigenvalue weighted by molar-refractivity contribution is 6.67. The van der Waals surface area contributed by atoms with Crippen molar-refractivity contribution in [2.45, 2.75) is 13.0 Å². The fourth-order valence-electron chi connectivity index (χ4n) is 1.86. The van der Waals surface area contributed by atoms with Crippen molar-refractivity contribution in [1.29, 1.82) is 0 Å². The minimum atomic E-state index is -0.509. The average Bonchev–Trinajstić information content (AvgIpc) is 2.46. The van der Waals surface area contributed by atoms with Crippen LogP contribution < -0.4 is 4.74 Å². The first-order valence-corrected chi connectivity index (χ1v) is 6.99. The van der Waals surface area contributed by atoms with Crippen molar-refractivity contribution in [3.8, 4) is 5.75 Å². The Kier molecular flexibility index (Phi) is 5.37. The molecule has 0 amide bonds. The van der Waals surface area contributed by atoms with Gasteiger partial charge in [-0.05, 0) is 47.0 Å². The van der Waals surface area contributed by atoms with Gasteiger partial charge in [-0.1, -0.05) is 30.3 Å². The van der Waals surface area contributed by atoms with Crippen LogP contribution in [-0.2, 0) is 17.8 Å². The predicted octanol–water partition coefficient (Wildman–Crippen LogP) is 3.95. The minimum absolute atomic E-state index is 0.186. The molecule has 0 aliphatic rings. The third kappa shape index (κ3) is 4.59. The number of carbonyl (C=O) groups is 2. The zero-order valence-electron chi connectivity index (χ0n) is 11.0. The van der Waals surface area contributed by atoms with E-state index in [0.29, 0.717) is 11.3 Å². The number of hydrogen-bond donors (Lipinski definition) is 0. The first kappa shape index (κ1) is 15.5. The highest BCUT2D eigenvalue weighted by Crippen LogP contribution is 2.17. The van der Waals surface area contributed by atoms with Crippen LogP contribution >= 0.6 is 23.2 Å². The van der Waals surface area contributed by atoms with Crippen LogP contribution in [0.25, 0.3) is 0 Å². The lowest BCUT2D eigenvalue weighted by molar-refractivity contribution is -0.111. The first-order chi connectivity index (χ1) is 10.1. The topological polar surface area (TPSA) is 43.4 Å². The molecule has 108 valence electrons. The van der Waals surface area contributed by atoms with Crippen molar-refractivity contribution >= 4 is 33.7 Å². The highest BCUT2D eigenvalue weighted by atomic mass is 35.5. The minimum Gasteiger partial charge on any atom is -0.489 e. The van der Waals surface area contributed by atoms with Crippen molar-refractivity contribution in [3.05, 3.63) is 65.2 Å². The molecular formula is C16H12Cl2O3. The molecule has 2 rings (SSSR count). The molecule has 0 saturated heterocycles. The fraction of sp³-hybridized carbons (Fsp3) is 0.125. The summed E-state index contributed by atoms with van der Waals surface area (Å²) in [6, 6.07) is 14.1. The van der Waals surface area contributed by atoms with E-state index in [0.717, 1.165) is 11.1 Å². The van der Waals surface area contributed by atoms with Crippen LogP contribution in [0.2, 0.25) is 0 Å². The van der Waals surface area contributed by atoms with Gasteiger partial charge in [0.2, 0.25) is 5.24 Å². The van der Waals surface area contributed by atoms with Crippen LogP contribution in [0, 0.1) is 0 Å². The summed E-state index contributed by atoms with van der Waals surface area (Å²) in [4.78, 5) is 22.1. The number of carbonyl (C=O) groups excluding carboxylic acids is 2. The van der Waals surface area contributed by atoms with Gasteiger partial charge < -0.3 is 4.74 Å². The van der Waals surface area contributed by atoms with Gasteiger partial charge >= 0.3 is 0 Å². The van der Waals surface area contributed by atoms with E-state index in [9.17, 15) is 9.59 Å². The molecule has 0 unspecified atom stereocenters. The van der Waals surface area contributed by atoms with Gasteiger partial charge in [0.05, 0.1) is 0 Å². The number of hydrogen-bond acceptors (Lipinski definition) is 3. The molecule has 0 aromatic heterocycles. The second-order valence-corrected chi connectivity index (χ2v) is 5.16. The maximum Gasteiger partial charge on any atom is 0.252 e. The molecule has 0 N–H and O–H groups in total. The van der Waals surface area contributed by atoms with Crippen LogP contribution in [0.15, 0.2) is 48.5 Å². The van der Waals surface area contributed by atoms with E-state index >= 15 is 0 Å². The lowest BCUT2D eigenvalue weighted by atomic mass is 10.1. The van der Waals surface area contributed by atoms with Crippen molar-refractivity contribution < 1.29 is 14.3 Å². The number of halogens is 2. The molecule has 0 saturated carbocycles. The molecule has 21 heavy (non-hydrogen) atoms. The van der Waals surface area contributed by atoms with Gasteiger partial charge in [0.1, 0.15) is 12.4 Å². The van der Waals surface area contributed by atoms with E-state index in [4.69, 9.17) is 27.9 Å². The van der Waals surface area contributed by atoms with Crippen LogP contribution in [0.4, 0.5) is 0 Å². The molecule has 0 heterocycles. The van der Waals surface area contributed by atoms with Gasteiger partial charge in [0.25, 0.3) is 5.24 Å². The second-order valence-electron chi connectivity index (χ2n) is 4.40. The van der Waals surface area contributed by atoms with E-state index in [-0.39, 0.29) is 13.0 Å². The Morgan fingerprint density at radius 2 is 1.62 bits per heavy atom. The Hall–Kier alpha value is -1.84. The van der Waals surface area contributed by atoms with E-state index in [2.05, 4.69) is 0 Å². The summed E-state index contributed by atoms with van der Waals surface area (Å²) < 4.78 is 5.61. The van der Waals surface area contributed by atoms with Crippen molar-refractivity contribution in [1.82, 2.24) is 0 Å². The number of rotatable bonds is 6. The summed E-state index contributed by atoms with van der Waals surface area (Å²) in [6.45, 7) is 0.239. The molecule has 0 aliphatic heterocycles. The third-order valence-corrected chi connectivity index (χ3v) is 3.23. The zero-order chi connectivity index (χ0) is 15.2. The van der Waals surface area contributed by atoms with Crippen LogP contribution in [-0.4, -0.2) is 10.5 Å². The molecule has 0 radical (unpaired) electrons. The average molecular weight is 323 g/mol. The summed E-state index contributed by atoms with van der Waals surface area (Å²) >= 11 is 10.8.